The van der Waals surface area contributed by atoms with E-state index in [4.69, 9.17) is 10.9 Å². The second-order valence-electron chi connectivity index (χ2n) is 3.96. The van der Waals surface area contributed by atoms with Gasteiger partial charge in [-0.2, -0.15) is 0 Å². The van der Waals surface area contributed by atoms with Gasteiger partial charge in [0, 0.05) is 38.4 Å². The van der Waals surface area contributed by atoms with Gasteiger partial charge >= 0.3 is 6.03 Å². The number of amides is 2. The zero-order valence-corrected chi connectivity index (χ0v) is 10.9. The molecule has 0 unspecified atom stereocenters. The van der Waals surface area contributed by atoms with Crippen LogP contribution in [0.1, 0.15) is 18.9 Å². The number of hydrogen-bond donors (Lipinski definition) is 3. The van der Waals surface area contributed by atoms with E-state index in [-0.39, 0.29) is 11.9 Å². The predicted octanol–water partition coefficient (Wildman–Crippen LogP) is 0.750. The summed E-state index contributed by atoms with van der Waals surface area (Å²) in [4.78, 5) is 17.5. The lowest BCUT2D eigenvalue weighted by Gasteiger charge is -2.22. The van der Waals surface area contributed by atoms with Crippen molar-refractivity contribution in [2.45, 2.75) is 19.9 Å². The summed E-state index contributed by atoms with van der Waals surface area (Å²) in [7, 11) is 0. The molecule has 0 aliphatic carbocycles. The quantitative estimate of drug-likeness (QED) is 0.305. The van der Waals surface area contributed by atoms with Gasteiger partial charge in [0.25, 0.3) is 0 Å². The minimum Gasteiger partial charge on any atom is -0.409 e. The van der Waals surface area contributed by atoms with Crippen LogP contribution in [0.15, 0.2) is 29.7 Å². The highest BCUT2D eigenvalue weighted by Crippen LogP contribution is 2.04. The van der Waals surface area contributed by atoms with Crippen molar-refractivity contribution in [3.63, 3.8) is 0 Å². The summed E-state index contributed by atoms with van der Waals surface area (Å²) in [6.07, 6.45) is 3.69. The SMILES string of the molecule is CCNC(=O)N(CC/C(N)=N/O)Cc1cccnc1. The molecular formula is C12H19N5O2. The first-order chi connectivity index (χ1) is 9.17. The fourth-order valence-electron chi connectivity index (χ4n) is 1.53. The van der Waals surface area contributed by atoms with E-state index >= 15 is 0 Å². The lowest BCUT2D eigenvalue weighted by atomic mass is 10.2. The molecule has 1 aromatic rings. The standard InChI is InChI=1S/C12H19N5O2/c1-2-15-12(18)17(7-5-11(13)16-19)9-10-4-3-6-14-8-10/h3-4,6,8,19H,2,5,7,9H2,1H3,(H2,13,16)(H,15,18). The van der Waals surface area contributed by atoms with Crippen LogP contribution in [0.3, 0.4) is 0 Å². The zero-order chi connectivity index (χ0) is 14.1. The number of carbonyl (C=O) groups is 1. The van der Waals surface area contributed by atoms with Crippen molar-refractivity contribution in [1.82, 2.24) is 15.2 Å². The summed E-state index contributed by atoms with van der Waals surface area (Å²) in [5, 5.41) is 14.1. The Morgan fingerprint density at radius 3 is 3.00 bits per heavy atom. The van der Waals surface area contributed by atoms with Gasteiger partial charge in [-0.3, -0.25) is 4.98 Å². The van der Waals surface area contributed by atoms with Gasteiger partial charge in [-0.1, -0.05) is 11.2 Å². The lowest BCUT2D eigenvalue weighted by molar-refractivity contribution is 0.197. The normalized spacial score (nSPS) is 11.1. The van der Waals surface area contributed by atoms with Crippen LogP contribution in [0.5, 0.6) is 0 Å². The Kier molecular flexibility index (Phi) is 6.14. The third kappa shape index (κ3) is 5.24. The number of amidine groups is 1. The van der Waals surface area contributed by atoms with E-state index < -0.39 is 0 Å². The first kappa shape index (κ1) is 14.7. The highest BCUT2D eigenvalue weighted by atomic mass is 16.4. The van der Waals surface area contributed by atoms with E-state index in [9.17, 15) is 4.79 Å². The summed E-state index contributed by atoms with van der Waals surface area (Å²) in [5.41, 5.74) is 6.34. The number of urea groups is 1. The van der Waals surface area contributed by atoms with Gasteiger partial charge < -0.3 is 21.2 Å². The largest absolute Gasteiger partial charge is 0.409 e. The number of aromatic nitrogens is 1. The van der Waals surface area contributed by atoms with Crippen LogP contribution in [0.25, 0.3) is 0 Å². The summed E-state index contributed by atoms with van der Waals surface area (Å²) < 4.78 is 0. The number of hydrogen-bond acceptors (Lipinski definition) is 4. The summed E-state index contributed by atoms with van der Waals surface area (Å²) in [6, 6.07) is 3.52. The van der Waals surface area contributed by atoms with E-state index in [1.165, 1.54) is 0 Å². The first-order valence-corrected chi connectivity index (χ1v) is 6.05. The lowest BCUT2D eigenvalue weighted by Crippen LogP contribution is -2.41. The summed E-state index contributed by atoms with van der Waals surface area (Å²) in [5.74, 6) is 0.0977. The summed E-state index contributed by atoms with van der Waals surface area (Å²) in [6.45, 7) is 3.20. The monoisotopic (exact) mass is 265 g/mol. The molecule has 7 heteroatoms. The number of nitrogens with two attached hydrogens (primary N) is 1. The van der Waals surface area contributed by atoms with Gasteiger partial charge in [-0.05, 0) is 18.6 Å². The minimum absolute atomic E-state index is 0.0977. The molecule has 104 valence electrons. The van der Waals surface area contributed by atoms with Gasteiger partial charge in [-0.15, -0.1) is 0 Å². The highest BCUT2D eigenvalue weighted by Gasteiger charge is 2.13. The van der Waals surface area contributed by atoms with Crippen molar-refractivity contribution < 1.29 is 10.0 Å². The Bertz CT molecular complexity index is 421. The second-order valence-corrected chi connectivity index (χ2v) is 3.96. The molecule has 0 spiro atoms. The average Bonchev–Trinajstić information content (AvgIpc) is 2.44. The Balaban J connectivity index is 2.66. The van der Waals surface area contributed by atoms with Crippen molar-refractivity contribution in [3.8, 4) is 0 Å². The summed E-state index contributed by atoms with van der Waals surface area (Å²) >= 11 is 0. The van der Waals surface area contributed by atoms with E-state index in [0.717, 1.165) is 5.56 Å². The molecule has 19 heavy (non-hydrogen) atoms. The Morgan fingerprint density at radius 2 is 2.42 bits per heavy atom. The number of nitrogens with zero attached hydrogens (tertiary/aromatic N) is 3. The molecule has 0 fully saturated rings. The van der Waals surface area contributed by atoms with E-state index in [1.54, 1.807) is 17.3 Å². The number of carbonyl (C=O) groups excluding carboxylic acids is 1. The topological polar surface area (TPSA) is 104 Å². The molecule has 2 amide bonds. The molecule has 1 rings (SSSR count). The molecule has 0 saturated carbocycles. The first-order valence-electron chi connectivity index (χ1n) is 6.05. The number of rotatable bonds is 6. The van der Waals surface area contributed by atoms with Crippen LogP contribution in [0, 0.1) is 0 Å². The van der Waals surface area contributed by atoms with Gasteiger partial charge in [0.05, 0.1) is 0 Å². The molecule has 0 aliphatic heterocycles. The van der Waals surface area contributed by atoms with Crippen molar-refractivity contribution >= 4 is 11.9 Å². The molecule has 0 radical (unpaired) electrons. The van der Waals surface area contributed by atoms with Gasteiger partial charge in [0.15, 0.2) is 0 Å². The van der Waals surface area contributed by atoms with Crippen LogP contribution in [0.4, 0.5) is 4.79 Å². The molecule has 0 aromatic carbocycles. The minimum atomic E-state index is -0.183. The van der Waals surface area contributed by atoms with Gasteiger partial charge in [0.2, 0.25) is 0 Å². The fraction of sp³-hybridized carbons (Fsp3) is 0.417. The van der Waals surface area contributed by atoms with Crippen molar-refractivity contribution in [2.24, 2.45) is 10.9 Å². The average molecular weight is 265 g/mol. The Morgan fingerprint density at radius 1 is 1.63 bits per heavy atom. The molecule has 4 N–H and O–H groups in total. The predicted molar refractivity (Wildman–Crippen MR) is 71.7 cm³/mol. The molecule has 1 aromatic heterocycles. The third-order valence-corrected chi connectivity index (χ3v) is 2.48. The maximum atomic E-state index is 11.9. The van der Waals surface area contributed by atoms with Crippen molar-refractivity contribution in [3.05, 3.63) is 30.1 Å². The molecule has 0 saturated heterocycles. The molecule has 0 aliphatic rings. The van der Waals surface area contributed by atoms with E-state index in [2.05, 4.69) is 15.5 Å². The van der Waals surface area contributed by atoms with Crippen LogP contribution in [-0.4, -0.2) is 40.0 Å². The maximum absolute atomic E-state index is 11.9. The van der Waals surface area contributed by atoms with Gasteiger partial charge in [0.1, 0.15) is 5.84 Å². The molecule has 0 bridgehead atoms. The molecular weight excluding hydrogens is 246 g/mol. The molecule has 0 atom stereocenters. The molecule has 1 heterocycles. The molecule has 7 nitrogen and oxygen atoms in total. The smallest absolute Gasteiger partial charge is 0.317 e. The van der Waals surface area contributed by atoms with Crippen LogP contribution in [-0.2, 0) is 6.54 Å². The highest BCUT2D eigenvalue weighted by molar-refractivity contribution is 5.80. The van der Waals surface area contributed by atoms with Crippen LogP contribution in [0.2, 0.25) is 0 Å². The second kappa shape index (κ2) is 7.91. The fourth-order valence-corrected chi connectivity index (χ4v) is 1.53. The van der Waals surface area contributed by atoms with Crippen LogP contribution < -0.4 is 11.1 Å². The third-order valence-electron chi connectivity index (χ3n) is 2.48. The van der Waals surface area contributed by atoms with Crippen LogP contribution >= 0.6 is 0 Å². The number of oxime groups is 1. The number of nitrogens with one attached hydrogen (secondary N) is 1. The van der Waals surface area contributed by atoms with E-state index in [1.807, 2.05) is 19.1 Å². The number of pyridine rings is 1. The maximum Gasteiger partial charge on any atom is 0.317 e. The zero-order valence-electron chi connectivity index (χ0n) is 10.9. The van der Waals surface area contributed by atoms with Crippen molar-refractivity contribution in [1.29, 1.82) is 0 Å². The van der Waals surface area contributed by atoms with E-state index in [0.29, 0.717) is 26.1 Å². The Hall–Kier alpha value is -2.31. The van der Waals surface area contributed by atoms with Gasteiger partial charge in [-0.25, -0.2) is 4.79 Å². The Labute approximate surface area is 112 Å². The van der Waals surface area contributed by atoms with Crippen molar-refractivity contribution in [2.75, 3.05) is 13.1 Å².